The third-order valence-corrected chi connectivity index (χ3v) is 3.74. The molecule has 0 amide bonds. The minimum absolute atomic E-state index is 0.0340. The smallest absolute Gasteiger partial charge is 0.170 e. The monoisotopic (exact) mass is 297 g/mol. The number of rotatable bonds is 5. The van der Waals surface area contributed by atoms with Crippen LogP contribution in [0.2, 0.25) is 5.02 Å². The van der Waals surface area contributed by atoms with Crippen LogP contribution in [0.1, 0.15) is 24.8 Å². The normalized spacial score (nSPS) is 17.1. The van der Waals surface area contributed by atoms with Gasteiger partial charge in [0, 0.05) is 12.1 Å². The molecular weight excluding hydrogens is 278 g/mol. The van der Waals surface area contributed by atoms with Crippen molar-refractivity contribution in [2.75, 3.05) is 26.2 Å². The van der Waals surface area contributed by atoms with Crippen molar-refractivity contribution >= 4 is 17.4 Å². The van der Waals surface area contributed by atoms with Crippen LogP contribution in [0, 0.1) is 0 Å². The predicted molar refractivity (Wildman–Crippen MR) is 79.7 cm³/mol. The fourth-order valence-corrected chi connectivity index (χ4v) is 2.54. The van der Waals surface area contributed by atoms with Crippen LogP contribution in [0.3, 0.4) is 0 Å². The van der Waals surface area contributed by atoms with Gasteiger partial charge in [-0.05, 0) is 44.1 Å². The van der Waals surface area contributed by atoms with E-state index in [1.54, 1.807) is 18.2 Å². The van der Waals surface area contributed by atoms with E-state index in [-0.39, 0.29) is 5.84 Å². The Labute approximate surface area is 124 Å². The average Bonchev–Trinajstić information content (AvgIpc) is 2.49. The molecule has 0 unspecified atom stereocenters. The first-order valence-corrected chi connectivity index (χ1v) is 7.21. The quantitative estimate of drug-likeness (QED) is 0.379. The number of likely N-dealkylation sites (tertiary alicyclic amines) is 1. The van der Waals surface area contributed by atoms with Gasteiger partial charge < -0.3 is 15.7 Å². The molecule has 0 aliphatic carbocycles. The van der Waals surface area contributed by atoms with E-state index in [1.807, 2.05) is 0 Å². The summed E-state index contributed by atoms with van der Waals surface area (Å²) in [7, 11) is 0. The topological polar surface area (TPSA) is 71.1 Å². The molecule has 1 aromatic rings. The van der Waals surface area contributed by atoms with E-state index in [0.717, 1.165) is 19.6 Å². The summed E-state index contributed by atoms with van der Waals surface area (Å²) in [5, 5.41) is 12.0. The van der Waals surface area contributed by atoms with Crippen molar-refractivity contribution in [1.82, 2.24) is 4.90 Å². The van der Waals surface area contributed by atoms with Crippen molar-refractivity contribution in [3.8, 4) is 5.75 Å². The maximum absolute atomic E-state index is 8.62. The first kappa shape index (κ1) is 14.9. The molecule has 6 heteroatoms. The van der Waals surface area contributed by atoms with Gasteiger partial charge in [-0.2, -0.15) is 0 Å². The fourth-order valence-electron chi connectivity index (χ4n) is 2.30. The Hall–Kier alpha value is -1.46. The van der Waals surface area contributed by atoms with Crippen LogP contribution in [-0.2, 0) is 0 Å². The largest absolute Gasteiger partial charge is 0.491 e. The number of hydrogen-bond donors (Lipinski definition) is 2. The average molecular weight is 298 g/mol. The Morgan fingerprint density at radius 1 is 1.35 bits per heavy atom. The summed E-state index contributed by atoms with van der Waals surface area (Å²) in [6.45, 7) is 3.83. The van der Waals surface area contributed by atoms with Gasteiger partial charge in [-0.3, -0.25) is 4.90 Å². The summed E-state index contributed by atoms with van der Waals surface area (Å²) in [4.78, 5) is 2.40. The highest BCUT2D eigenvalue weighted by atomic mass is 35.5. The van der Waals surface area contributed by atoms with Gasteiger partial charge in [0.2, 0.25) is 0 Å². The van der Waals surface area contributed by atoms with Crippen molar-refractivity contribution in [2.24, 2.45) is 10.9 Å². The number of hydrogen-bond acceptors (Lipinski definition) is 4. The zero-order valence-corrected chi connectivity index (χ0v) is 12.1. The van der Waals surface area contributed by atoms with Crippen LogP contribution in [0.25, 0.3) is 0 Å². The molecule has 5 nitrogen and oxygen atoms in total. The van der Waals surface area contributed by atoms with Crippen LogP contribution < -0.4 is 10.5 Å². The summed E-state index contributed by atoms with van der Waals surface area (Å²) in [6.07, 6.45) is 3.88. The van der Waals surface area contributed by atoms with Gasteiger partial charge in [-0.15, -0.1) is 0 Å². The minimum Gasteiger partial charge on any atom is -0.491 e. The Bertz CT molecular complexity index is 473. The molecule has 0 atom stereocenters. The number of oxime groups is 1. The second kappa shape index (κ2) is 7.36. The third kappa shape index (κ3) is 4.02. The van der Waals surface area contributed by atoms with Crippen molar-refractivity contribution < 1.29 is 9.94 Å². The maximum atomic E-state index is 8.62. The molecule has 1 heterocycles. The van der Waals surface area contributed by atoms with Crippen LogP contribution in [0.5, 0.6) is 5.75 Å². The molecule has 0 bridgehead atoms. The summed E-state index contributed by atoms with van der Waals surface area (Å²) in [5.41, 5.74) is 6.07. The van der Waals surface area contributed by atoms with Crippen molar-refractivity contribution in [3.63, 3.8) is 0 Å². The Morgan fingerprint density at radius 3 is 2.75 bits per heavy atom. The van der Waals surface area contributed by atoms with Crippen molar-refractivity contribution in [3.05, 3.63) is 28.8 Å². The highest BCUT2D eigenvalue weighted by molar-refractivity contribution is 6.32. The molecule has 1 fully saturated rings. The lowest BCUT2D eigenvalue weighted by Gasteiger charge is -2.26. The van der Waals surface area contributed by atoms with Gasteiger partial charge in [0.1, 0.15) is 12.4 Å². The molecule has 110 valence electrons. The molecule has 1 aromatic carbocycles. The van der Waals surface area contributed by atoms with Crippen molar-refractivity contribution in [2.45, 2.75) is 19.3 Å². The molecule has 0 spiro atoms. The van der Waals surface area contributed by atoms with E-state index < -0.39 is 0 Å². The van der Waals surface area contributed by atoms with Crippen LogP contribution in [0.4, 0.5) is 0 Å². The first-order valence-electron chi connectivity index (χ1n) is 6.83. The second-order valence-corrected chi connectivity index (χ2v) is 5.29. The van der Waals surface area contributed by atoms with Gasteiger partial charge in [0.15, 0.2) is 5.84 Å². The first-order chi connectivity index (χ1) is 9.70. The number of piperidine rings is 1. The lowest BCUT2D eigenvalue weighted by Crippen LogP contribution is -2.33. The van der Waals surface area contributed by atoms with Crippen LogP contribution >= 0.6 is 11.6 Å². The maximum Gasteiger partial charge on any atom is 0.170 e. The number of benzene rings is 1. The van der Waals surface area contributed by atoms with Crippen LogP contribution in [-0.4, -0.2) is 42.2 Å². The zero-order chi connectivity index (χ0) is 14.4. The molecule has 20 heavy (non-hydrogen) atoms. The minimum atomic E-state index is 0.0340. The van der Waals surface area contributed by atoms with E-state index in [2.05, 4.69) is 10.1 Å². The number of amidine groups is 1. The Morgan fingerprint density at radius 2 is 2.10 bits per heavy atom. The van der Waals surface area contributed by atoms with E-state index in [1.165, 1.54) is 19.3 Å². The third-order valence-electron chi connectivity index (χ3n) is 3.45. The lowest BCUT2D eigenvalue weighted by molar-refractivity contribution is 0.183. The van der Waals surface area contributed by atoms with Gasteiger partial charge in [-0.1, -0.05) is 23.2 Å². The highest BCUT2D eigenvalue weighted by Gasteiger charge is 2.10. The molecular formula is C14H20ClN3O2. The number of nitrogens with two attached hydrogens (primary N) is 1. The molecule has 0 radical (unpaired) electrons. The van der Waals surface area contributed by atoms with E-state index in [9.17, 15) is 0 Å². The van der Waals surface area contributed by atoms with Gasteiger partial charge in [0.05, 0.1) is 5.02 Å². The molecule has 1 saturated heterocycles. The van der Waals surface area contributed by atoms with Crippen molar-refractivity contribution in [1.29, 1.82) is 0 Å². The Balaban J connectivity index is 1.86. The van der Waals surface area contributed by atoms with E-state index >= 15 is 0 Å². The number of nitrogens with zero attached hydrogens (tertiary/aromatic N) is 2. The molecule has 0 saturated carbocycles. The zero-order valence-electron chi connectivity index (χ0n) is 11.4. The second-order valence-electron chi connectivity index (χ2n) is 4.88. The van der Waals surface area contributed by atoms with E-state index in [0.29, 0.717) is 22.9 Å². The van der Waals surface area contributed by atoms with Crippen LogP contribution in [0.15, 0.2) is 23.4 Å². The number of ether oxygens (including phenoxy) is 1. The molecule has 0 aromatic heterocycles. The standard InChI is InChI=1S/C14H20ClN3O2/c15-12-10-11(14(16)17-19)4-5-13(12)20-9-8-18-6-2-1-3-7-18/h4-5,10,19H,1-3,6-9H2,(H2,16,17). The highest BCUT2D eigenvalue weighted by Crippen LogP contribution is 2.25. The molecule has 2 rings (SSSR count). The fraction of sp³-hybridized carbons (Fsp3) is 0.500. The SMILES string of the molecule is NC(=NO)c1ccc(OCCN2CCCCC2)c(Cl)c1. The van der Waals surface area contributed by atoms with Gasteiger partial charge >= 0.3 is 0 Å². The lowest BCUT2D eigenvalue weighted by atomic mass is 10.1. The predicted octanol–water partition coefficient (Wildman–Crippen LogP) is 2.30. The molecule has 1 aliphatic heterocycles. The Kier molecular flexibility index (Phi) is 5.49. The molecule has 1 aliphatic rings. The summed E-state index contributed by atoms with van der Waals surface area (Å²) in [5.74, 6) is 0.657. The van der Waals surface area contributed by atoms with E-state index in [4.69, 9.17) is 27.3 Å². The summed E-state index contributed by atoms with van der Waals surface area (Å²) in [6, 6.07) is 5.09. The summed E-state index contributed by atoms with van der Waals surface area (Å²) < 4.78 is 5.69. The summed E-state index contributed by atoms with van der Waals surface area (Å²) >= 11 is 6.12. The molecule has 3 N–H and O–H groups in total. The van der Waals surface area contributed by atoms with Gasteiger partial charge in [-0.25, -0.2) is 0 Å². The van der Waals surface area contributed by atoms with Gasteiger partial charge in [0.25, 0.3) is 0 Å². The number of halogens is 1.